The summed E-state index contributed by atoms with van der Waals surface area (Å²) in [6.45, 7) is 4.73. The van der Waals surface area contributed by atoms with Crippen molar-refractivity contribution in [3.63, 3.8) is 0 Å². The first-order chi connectivity index (χ1) is 9.06. The van der Waals surface area contributed by atoms with Crippen LogP contribution in [0.4, 0.5) is 5.69 Å². The molecule has 0 spiro atoms. The average molecular weight is 275 g/mol. The van der Waals surface area contributed by atoms with Crippen LogP contribution in [0.1, 0.15) is 16.0 Å². The van der Waals surface area contributed by atoms with Gasteiger partial charge in [-0.15, -0.1) is 11.3 Å². The van der Waals surface area contributed by atoms with Crippen LogP contribution in [-0.4, -0.2) is 17.6 Å². The van der Waals surface area contributed by atoms with Gasteiger partial charge in [-0.25, -0.2) is 0 Å². The van der Waals surface area contributed by atoms with Crippen molar-refractivity contribution in [1.29, 1.82) is 0 Å². The van der Waals surface area contributed by atoms with Crippen molar-refractivity contribution in [2.75, 3.05) is 11.4 Å². The Morgan fingerprint density at radius 3 is 2.42 bits per heavy atom. The van der Waals surface area contributed by atoms with Gasteiger partial charge in [-0.1, -0.05) is 17.7 Å². The zero-order chi connectivity index (χ0) is 13.8. The molecule has 1 aromatic carbocycles. The van der Waals surface area contributed by atoms with Crippen molar-refractivity contribution < 1.29 is 9.90 Å². The number of benzene rings is 1. The minimum atomic E-state index is -0.810. The molecule has 2 rings (SSSR count). The van der Waals surface area contributed by atoms with E-state index in [0.717, 1.165) is 5.69 Å². The lowest BCUT2D eigenvalue weighted by molar-refractivity contribution is -0.135. The Bertz CT molecular complexity index is 560. The fraction of sp³-hybridized carbons (Fsp3) is 0.267. The molecule has 1 heterocycles. The van der Waals surface area contributed by atoms with E-state index in [9.17, 15) is 4.79 Å². The fourth-order valence-corrected chi connectivity index (χ4v) is 2.82. The summed E-state index contributed by atoms with van der Waals surface area (Å²) in [7, 11) is 0. The number of aliphatic carboxylic acids is 1. The van der Waals surface area contributed by atoms with Gasteiger partial charge in [0, 0.05) is 10.6 Å². The number of rotatable bonds is 5. The molecule has 0 amide bonds. The highest BCUT2D eigenvalue weighted by Gasteiger charge is 2.13. The second-order valence-electron chi connectivity index (χ2n) is 4.61. The Kier molecular flexibility index (Phi) is 4.22. The molecule has 0 atom stereocenters. The van der Waals surface area contributed by atoms with Crippen LogP contribution in [0.15, 0.2) is 35.7 Å². The van der Waals surface area contributed by atoms with Crippen molar-refractivity contribution in [2.24, 2.45) is 0 Å². The third-order valence-corrected chi connectivity index (χ3v) is 4.04. The van der Waals surface area contributed by atoms with Crippen LogP contribution in [-0.2, 0) is 11.3 Å². The summed E-state index contributed by atoms with van der Waals surface area (Å²) >= 11 is 1.67. The zero-order valence-corrected chi connectivity index (χ0v) is 11.9. The van der Waals surface area contributed by atoms with E-state index in [1.54, 1.807) is 11.3 Å². The summed E-state index contributed by atoms with van der Waals surface area (Å²) in [6.07, 6.45) is 0. The van der Waals surface area contributed by atoms with E-state index in [1.807, 2.05) is 41.5 Å². The Morgan fingerprint density at radius 1 is 1.21 bits per heavy atom. The van der Waals surface area contributed by atoms with Crippen molar-refractivity contribution >= 4 is 23.0 Å². The maximum absolute atomic E-state index is 11.0. The standard InChI is InChI=1S/C15H17NO2S/c1-11-3-5-13(6-4-11)16(10-15(17)18)9-14-12(2)7-8-19-14/h3-8H,9-10H2,1-2H3,(H,17,18). The molecule has 1 aromatic heterocycles. The third kappa shape index (κ3) is 3.58. The molecule has 0 radical (unpaired) electrons. The van der Waals surface area contributed by atoms with E-state index >= 15 is 0 Å². The molecule has 0 aliphatic rings. The Labute approximate surface area is 117 Å². The molecule has 0 saturated carbocycles. The fourth-order valence-electron chi connectivity index (χ4n) is 1.90. The maximum atomic E-state index is 11.0. The highest BCUT2D eigenvalue weighted by atomic mass is 32.1. The second-order valence-corrected chi connectivity index (χ2v) is 5.61. The summed E-state index contributed by atoms with van der Waals surface area (Å²) in [5.74, 6) is -0.810. The second kappa shape index (κ2) is 5.89. The molecule has 100 valence electrons. The van der Waals surface area contributed by atoms with E-state index in [0.29, 0.717) is 6.54 Å². The number of carbonyl (C=O) groups is 1. The van der Waals surface area contributed by atoms with Gasteiger partial charge >= 0.3 is 5.97 Å². The predicted octanol–water partition coefficient (Wildman–Crippen LogP) is 3.46. The molecule has 0 aliphatic heterocycles. The Hall–Kier alpha value is -1.81. The quantitative estimate of drug-likeness (QED) is 0.908. The molecule has 3 nitrogen and oxygen atoms in total. The van der Waals surface area contributed by atoms with Gasteiger partial charge in [-0.3, -0.25) is 4.79 Å². The number of anilines is 1. The molecular weight excluding hydrogens is 258 g/mol. The SMILES string of the molecule is Cc1ccc(N(CC(=O)O)Cc2sccc2C)cc1. The number of carboxylic acids is 1. The van der Waals surface area contributed by atoms with Crippen LogP contribution in [0.25, 0.3) is 0 Å². The average Bonchev–Trinajstić information content (AvgIpc) is 2.75. The lowest BCUT2D eigenvalue weighted by atomic mass is 10.2. The largest absolute Gasteiger partial charge is 0.480 e. The smallest absolute Gasteiger partial charge is 0.323 e. The zero-order valence-electron chi connectivity index (χ0n) is 11.1. The molecule has 0 saturated heterocycles. The van der Waals surface area contributed by atoms with E-state index in [2.05, 4.69) is 13.0 Å². The first-order valence-corrected chi connectivity index (χ1v) is 7.00. The molecule has 1 N–H and O–H groups in total. The molecule has 0 fully saturated rings. The third-order valence-electron chi connectivity index (χ3n) is 3.03. The summed E-state index contributed by atoms with van der Waals surface area (Å²) in [5, 5.41) is 11.1. The van der Waals surface area contributed by atoms with Gasteiger partial charge in [0.1, 0.15) is 6.54 Å². The minimum Gasteiger partial charge on any atom is -0.480 e. The number of hydrogen-bond acceptors (Lipinski definition) is 3. The van der Waals surface area contributed by atoms with Crippen molar-refractivity contribution in [2.45, 2.75) is 20.4 Å². The topological polar surface area (TPSA) is 40.5 Å². The highest BCUT2D eigenvalue weighted by molar-refractivity contribution is 7.10. The maximum Gasteiger partial charge on any atom is 0.323 e. The Morgan fingerprint density at radius 2 is 1.89 bits per heavy atom. The van der Waals surface area contributed by atoms with Gasteiger partial charge in [-0.05, 0) is 43.0 Å². The Balaban J connectivity index is 2.23. The van der Waals surface area contributed by atoms with Crippen LogP contribution >= 0.6 is 11.3 Å². The summed E-state index contributed by atoms with van der Waals surface area (Å²) in [6, 6.07) is 10.0. The predicted molar refractivity (Wildman–Crippen MR) is 78.9 cm³/mol. The van der Waals surface area contributed by atoms with Crippen molar-refractivity contribution in [3.8, 4) is 0 Å². The van der Waals surface area contributed by atoms with Crippen LogP contribution in [0.3, 0.4) is 0 Å². The lowest BCUT2D eigenvalue weighted by Crippen LogP contribution is -2.29. The normalized spacial score (nSPS) is 10.4. The van der Waals surface area contributed by atoms with Gasteiger partial charge in [0.05, 0.1) is 6.54 Å². The van der Waals surface area contributed by atoms with Gasteiger partial charge in [0.15, 0.2) is 0 Å². The van der Waals surface area contributed by atoms with E-state index in [-0.39, 0.29) is 6.54 Å². The first-order valence-electron chi connectivity index (χ1n) is 6.12. The number of thiophene rings is 1. The van der Waals surface area contributed by atoms with E-state index in [4.69, 9.17) is 5.11 Å². The lowest BCUT2D eigenvalue weighted by Gasteiger charge is -2.22. The van der Waals surface area contributed by atoms with Gasteiger partial charge < -0.3 is 10.0 Å². The van der Waals surface area contributed by atoms with Gasteiger partial charge in [-0.2, -0.15) is 0 Å². The molecule has 0 unspecified atom stereocenters. The summed E-state index contributed by atoms with van der Waals surface area (Å²) < 4.78 is 0. The number of aryl methyl sites for hydroxylation is 2. The van der Waals surface area contributed by atoms with Gasteiger partial charge in [0.2, 0.25) is 0 Å². The molecular formula is C15H17NO2S. The number of carboxylic acid groups (broad SMARTS) is 1. The molecule has 4 heteroatoms. The van der Waals surface area contributed by atoms with Crippen LogP contribution in [0.2, 0.25) is 0 Å². The number of nitrogens with zero attached hydrogens (tertiary/aromatic N) is 1. The van der Waals surface area contributed by atoms with Gasteiger partial charge in [0.25, 0.3) is 0 Å². The summed E-state index contributed by atoms with van der Waals surface area (Å²) in [5.41, 5.74) is 3.33. The highest BCUT2D eigenvalue weighted by Crippen LogP contribution is 2.22. The van der Waals surface area contributed by atoms with Crippen molar-refractivity contribution in [1.82, 2.24) is 0 Å². The molecule has 2 aromatic rings. The van der Waals surface area contributed by atoms with E-state index in [1.165, 1.54) is 16.0 Å². The van der Waals surface area contributed by atoms with Crippen LogP contribution < -0.4 is 4.90 Å². The summed E-state index contributed by atoms with van der Waals surface area (Å²) in [4.78, 5) is 14.1. The molecule has 19 heavy (non-hydrogen) atoms. The number of hydrogen-bond donors (Lipinski definition) is 1. The van der Waals surface area contributed by atoms with Crippen LogP contribution in [0.5, 0.6) is 0 Å². The van der Waals surface area contributed by atoms with E-state index < -0.39 is 5.97 Å². The minimum absolute atomic E-state index is 0.0143. The molecule has 0 bridgehead atoms. The van der Waals surface area contributed by atoms with Crippen molar-refractivity contribution in [3.05, 3.63) is 51.7 Å². The first kappa shape index (κ1) is 13.6. The molecule has 0 aliphatic carbocycles. The monoisotopic (exact) mass is 275 g/mol. The van der Waals surface area contributed by atoms with Crippen LogP contribution in [0, 0.1) is 13.8 Å².